The van der Waals surface area contributed by atoms with Gasteiger partial charge in [0.25, 0.3) is 5.92 Å². The summed E-state index contributed by atoms with van der Waals surface area (Å²) >= 11 is 12.7. The number of alkyl halides is 4. The largest absolute Gasteiger partial charge is 0.365 e. The van der Waals surface area contributed by atoms with Crippen molar-refractivity contribution in [2.45, 2.75) is 274 Å². The van der Waals surface area contributed by atoms with E-state index in [0.717, 1.165) is 51.5 Å². The van der Waals surface area contributed by atoms with Crippen LogP contribution < -0.4 is 0 Å². The number of ether oxygens (including phenoxy) is 1. The van der Waals surface area contributed by atoms with E-state index in [9.17, 15) is 8.78 Å². The zero-order chi connectivity index (χ0) is 62.0. The molecule has 81 heavy (non-hydrogen) atoms. The lowest BCUT2D eigenvalue weighted by atomic mass is 9.86. The van der Waals surface area contributed by atoms with Crippen molar-refractivity contribution in [3.05, 3.63) is 167 Å². The summed E-state index contributed by atoms with van der Waals surface area (Å²) in [5.41, 5.74) is 42.3. The lowest BCUT2D eigenvalue weighted by Gasteiger charge is -2.19. The van der Waals surface area contributed by atoms with Crippen LogP contribution in [0.4, 0.5) is 8.78 Å². The van der Waals surface area contributed by atoms with Gasteiger partial charge in [-0.1, -0.05) is 41.5 Å². The Balaban J connectivity index is 0.000000163. The van der Waals surface area contributed by atoms with Gasteiger partial charge >= 0.3 is 0 Å². The molecule has 1 nitrogen and oxygen atoms in total. The quantitative estimate of drug-likeness (QED) is 0.126. The van der Waals surface area contributed by atoms with Crippen LogP contribution in [0.2, 0.25) is 0 Å². The predicted molar refractivity (Wildman–Crippen MR) is 349 cm³/mol. The van der Waals surface area contributed by atoms with E-state index in [1.807, 2.05) is 27.7 Å². The number of benzene rings is 5. The minimum absolute atomic E-state index is 0.295. The molecule has 1 saturated heterocycles. The van der Waals surface area contributed by atoms with Crippen molar-refractivity contribution in [2.24, 2.45) is 29.1 Å². The van der Waals surface area contributed by atoms with E-state index in [-0.39, 0.29) is 0 Å². The Labute approximate surface area is 503 Å². The minimum Gasteiger partial charge on any atom is -0.365 e. The van der Waals surface area contributed by atoms with Crippen molar-refractivity contribution in [3.63, 3.8) is 0 Å². The molecule has 5 fully saturated rings. The highest BCUT2D eigenvalue weighted by Gasteiger charge is 2.66. The molecule has 5 heteroatoms. The van der Waals surface area contributed by atoms with E-state index in [1.54, 1.807) is 29.2 Å². The summed E-state index contributed by atoms with van der Waals surface area (Å²) in [4.78, 5) is 0. The molecule has 5 aromatic rings. The third-order valence-corrected chi connectivity index (χ3v) is 25.0. The average molecular weight is 1150 g/mol. The molecule has 0 N–H and O–H groups in total. The first kappa shape index (κ1) is 66.6. The van der Waals surface area contributed by atoms with Gasteiger partial charge < -0.3 is 4.74 Å². The Kier molecular flexibility index (Phi) is 19.3. The molecule has 0 bridgehead atoms. The monoisotopic (exact) mass is 1140 g/mol. The molecule has 5 aromatic carbocycles. The molecule has 0 spiro atoms. The highest BCUT2D eigenvalue weighted by atomic mass is 35.5. The molecule has 10 rings (SSSR count). The van der Waals surface area contributed by atoms with Crippen molar-refractivity contribution in [2.75, 3.05) is 0 Å². The molecular weight excluding hydrogens is 1040 g/mol. The Morgan fingerprint density at radius 2 is 0.506 bits per heavy atom. The molecule has 4 saturated carbocycles. The van der Waals surface area contributed by atoms with Gasteiger partial charge in [-0.05, 0) is 388 Å². The van der Waals surface area contributed by atoms with Crippen LogP contribution in [0.15, 0.2) is 0 Å². The van der Waals surface area contributed by atoms with Crippen molar-refractivity contribution < 1.29 is 13.5 Å². The summed E-state index contributed by atoms with van der Waals surface area (Å²) in [5.74, 6) is 0.396. The molecule has 10 unspecified atom stereocenters. The van der Waals surface area contributed by atoms with Crippen LogP contribution in [0.25, 0.3) is 0 Å². The van der Waals surface area contributed by atoms with Crippen LogP contribution in [0, 0.1) is 202 Å². The van der Waals surface area contributed by atoms with Gasteiger partial charge in [-0.15, -0.1) is 23.2 Å². The van der Waals surface area contributed by atoms with Crippen molar-refractivity contribution in [1.29, 1.82) is 0 Å². The average Bonchev–Trinajstić information content (AvgIpc) is 3.62. The normalized spacial score (nSPS) is 25.5. The molecule has 1 aliphatic heterocycles. The molecule has 446 valence electrons. The first-order valence-electron chi connectivity index (χ1n) is 30.8. The van der Waals surface area contributed by atoms with Gasteiger partial charge in [-0.3, -0.25) is 0 Å². The maximum Gasteiger partial charge on any atom is 0.258 e. The second-order valence-corrected chi connectivity index (χ2v) is 29.2. The molecule has 0 amide bonds. The summed E-state index contributed by atoms with van der Waals surface area (Å²) in [6.07, 6.45) is 2.15. The molecule has 0 radical (unpaired) electrons. The van der Waals surface area contributed by atoms with Gasteiger partial charge in [0.1, 0.15) is 10.4 Å². The minimum atomic E-state index is -2.51. The van der Waals surface area contributed by atoms with Gasteiger partial charge in [0.15, 0.2) is 0 Å². The third-order valence-electron chi connectivity index (χ3n) is 23.9. The van der Waals surface area contributed by atoms with Gasteiger partial charge in [0.05, 0.1) is 12.0 Å². The van der Waals surface area contributed by atoms with Crippen LogP contribution in [0.3, 0.4) is 0 Å². The molecular formula is C76H108Cl2F2O. The second-order valence-electron chi connectivity index (χ2n) is 27.7. The molecule has 4 aliphatic carbocycles. The van der Waals surface area contributed by atoms with E-state index < -0.39 is 22.1 Å². The second kappa shape index (κ2) is 23.4. The smallest absolute Gasteiger partial charge is 0.258 e. The fourth-order valence-electron chi connectivity index (χ4n) is 14.6. The zero-order valence-electron chi connectivity index (χ0n) is 56.9. The van der Waals surface area contributed by atoms with Crippen molar-refractivity contribution >= 4 is 23.2 Å². The first-order chi connectivity index (χ1) is 37.0. The first-order valence-corrected chi connectivity index (χ1v) is 31.5. The summed E-state index contributed by atoms with van der Waals surface area (Å²) in [6.45, 7) is 70.5. The van der Waals surface area contributed by atoms with Crippen LogP contribution in [0.1, 0.15) is 252 Å². The van der Waals surface area contributed by atoms with Crippen LogP contribution >= 0.6 is 23.2 Å². The fourth-order valence-corrected chi connectivity index (χ4v) is 15.3. The SMILES string of the molecule is Cc1c(C)c(C)c(C2C(C)C2(C)C)c(C)c1C.Cc1c(C)c(C)c(C2C(C)C2(Cl)Cl)c(C)c1C.Cc1c(C)c(C)c(C2C(C)C2(F)F)c(C)c1C.Cc1c(C)c(C)c(C2CC2C)c(C)c1C.Cc1c(C)c(C)c(C2OC2C)c(C)c1C. The predicted octanol–water partition coefficient (Wildman–Crippen LogP) is 22.8. The molecule has 1 heterocycles. The van der Waals surface area contributed by atoms with Gasteiger partial charge in [0, 0.05) is 11.8 Å². The Hall–Kier alpha value is -3.50. The molecule has 0 aromatic heterocycles. The van der Waals surface area contributed by atoms with Gasteiger partial charge in [-0.2, -0.15) is 0 Å². The number of halogens is 4. The lowest BCUT2D eigenvalue weighted by Crippen LogP contribution is -2.04. The number of hydrogen-bond acceptors (Lipinski definition) is 1. The highest BCUT2D eigenvalue weighted by Crippen LogP contribution is 2.67. The standard InChI is InChI=1S/C17H26.C15H20Cl2.C15H20F2.C15H22.C14H20O/c1-9-10(2)12(4)15(13(5)11(9)3)16-14(6)17(16,7)8;2*1-7-8(2)10(4)13(11(5)9(7)3)14-12(6)15(14,16)17;1-8-7-14(8)15-12(5)10(3)9(2)11(4)13(15)6;1-7-8(2)10(4)13(11(5)9(7)3)14-12(6)15-14/h14,16H,1-8H3;2*12,14H,1-6H3;8,14H,7H2,1-6H3;12,14H,1-6H3. The maximum atomic E-state index is 13.6. The van der Waals surface area contributed by atoms with Crippen molar-refractivity contribution in [1.82, 2.24) is 0 Å². The zero-order valence-corrected chi connectivity index (χ0v) is 58.4. The molecule has 10 atom stereocenters. The third kappa shape index (κ3) is 11.7. The van der Waals surface area contributed by atoms with E-state index in [4.69, 9.17) is 27.9 Å². The Bertz CT molecular complexity index is 2860. The highest BCUT2D eigenvalue weighted by molar-refractivity contribution is 6.51. The van der Waals surface area contributed by atoms with Crippen molar-refractivity contribution in [3.8, 4) is 0 Å². The van der Waals surface area contributed by atoms with E-state index in [1.165, 1.54) is 123 Å². The van der Waals surface area contributed by atoms with Crippen LogP contribution in [-0.4, -0.2) is 16.4 Å². The van der Waals surface area contributed by atoms with E-state index in [0.29, 0.717) is 29.5 Å². The van der Waals surface area contributed by atoms with Gasteiger partial charge in [-0.25, -0.2) is 8.78 Å². The lowest BCUT2D eigenvalue weighted by molar-refractivity contribution is 0.0962. The summed E-state index contributed by atoms with van der Waals surface area (Å²) in [7, 11) is 0. The van der Waals surface area contributed by atoms with E-state index >= 15 is 0 Å². The summed E-state index contributed by atoms with van der Waals surface area (Å²) in [6, 6.07) is 0. The van der Waals surface area contributed by atoms with E-state index in [2.05, 4.69) is 187 Å². The number of epoxide rings is 1. The summed E-state index contributed by atoms with van der Waals surface area (Å²) in [5, 5.41) is 0. The van der Waals surface area contributed by atoms with Crippen LogP contribution in [-0.2, 0) is 4.74 Å². The summed E-state index contributed by atoms with van der Waals surface area (Å²) < 4.78 is 32.2. The number of rotatable bonds is 5. The fraction of sp³-hybridized carbons (Fsp3) is 0.605. The molecule has 5 aliphatic rings. The Morgan fingerprint density at radius 1 is 0.321 bits per heavy atom. The van der Waals surface area contributed by atoms with Crippen LogP contribution in [0.5, 0.6) is 0 Å². The Morgan fingerprint density at radius 3 is 0.691 bits per heavy atom. The number of hydrogen-bond donors (Lipinski definition) is 0. The maximum absolute atomic E-state index is 13.6. The topological polar surface area (TPSA) is 12.5 Å². The van der Waals surface area contributed by atoms with Gasteiger partial charge in [0.2, 0.25) is 0 Å².